The number of hydrogen-bond acceptors (Lipinski definition) is 18. The molecule has 0 radical (unpaired) electrons. The number of hydrogen-bond donors (Lipinski definition) is 3. The van der Waals surface area contributed by atoms with Gasteiger partial charge in [-0.3, -0.25) is 52.7 Å². The van der Waals surface area contributed by atoms with E-state index in [4.69, 9.17) is 18.9 Å². The fourth-order valence-corrected chi connectivity index (χ4v) is 41.0. The van der Waals surface area contributed by atoms with Gasteiger partial charge in [-0.05, 0) is 370 Å². The standard InChI is InChI=1S/C32H48O4.C31H46O5.C31H44O5.C30H44O4/c1-20-9-11-28(4)23(29(20,5)19-33)10-12-30(6)24(28)17-22(34)25-21-18-27(2,3)13-15-32(21,26(35)36-8)16-14-31(25,30)7;1-26(2)12-14-31(25(35)36-7)15-13-30(6)24(19(31)17-26)20(33)16-22-27(3)10-9-23(34)28(4,18-32)21(27)8-11-29(22,30)5;1-18-20-8-9-29(5)23(28(20,4)15-19(17-32)25(18)34)14-22(33)24-21-16-27(2,3)10-12-31(21,26(35)36-7)13-11-30(24,29)6;1-18-19-8-11-28(5)23(27(19,4)10-9-21(18)31)16-22(32)24-20-17-26(2,3)12-14-30(20,25(33)34-7)15-13-29(24,28)6/h17,21,23,25,33H,1,9-16,18-19H2,2-8H3;16,19,21,24,32H,8-15,17-18H2,1-7H3;14,17-18,20-21,24,32H,8-13,15-16H2,1-7H3;16,18-20,24H,8-15,17H2,1-7H3/b;;19-17-;/t21-,23+,25-,28-,29+,30+,31+,32-;19-,21+,24-,27-,28-,29+,30+,31-;18-,20-,21-,24-,28-,29+,30+,31-;18-,19-,20-,24-,27-,28+,29+,30-/m0000/s1. The molecule has 16 saturated carbocycles. The lowest BCUT2D eigenvalue weighted by Gasteiger charge is -2.69. The van der Waals surface area contributed by atoms with Crippen LogP contribution in [0.3, 0.4) is 0 Å². The molecule has 20 aliphatic rings. The van der Waals surface area contributed by atoms with E-state index in [9.17, 15) is 68.1 Å². The number of carbonyl (C=O) groups excluding carboxylic acids is 11. The minimum Gasteiger partial charge on any atom is -0.515 e. The lowest BCUT2D eigenvalue weighted by atomic mass is 9.33. The first kappa shape index (κ1) is 107. The van der Waals surface area contributed by atoms with Crippen LogP contribution in [0.25, 0.3) is 0 Å². The van der Waals surface area contributed by atoms with Crippen molar-refractivity contribution in [3.05, 3.63) is 70.6 Å². The monoisotopic (exact) mass is 1960 g/mol. The van der Waals surface area contributed by atoms with E-state index in [1.165, 1.54) is 50.7 Å². The summed E-state index contributed by atoms with van der Waals surface area (Å²) < 4.78 is 21.7. The van der Waals surface area contributed by atoms with Crippen LogP contribution in [0.15, 0.2) is 70.6 Å². The van der Waals surface area contributed by atoms with Gasteiger partial charge in [-0.2, -0.15) is 0 Å². The van der Waals surface area contributed by atoms with Gasteiger partial charge in [0.1, 0.15) is 11.6 Å². The molecule has 0 heterocycles. The van der Waals surface area contributed by atoms with Crippen molar-refractivity contribution >= 4 is 64.4 Å². The van der Waals surface area contributed by atoms with Gasteiger partial charge in [-0.1, -0.05) is 201 Å². The van der Waals surface area contributed by atoms with Crippen molar-refractivity contribution in [2.24, 2.45) is 202 Å². The van der Waals surface area contributed by atoms with E-state index in [-0.39, 0.29) is 241 Å². The molecule has 0 saturated heterocycles. The zero-order valence-corrected chi connectivity index (χ0v) is 92.8. The van der Waals surface area contributed by atoms with E-state index >= 15 is 0 Å². The van der Waals surface area contributed by atoms with Gasteiger partial charge < -0.3 is 34.3 Å². The number of aliphatic hydroxyl groups excluding tert-OH is 3. The van der Waals surface area contributed by atoms with Crippen LogP contribution in [0.1, 0.15) is 391 Å². The molecule has 0 spiro atoms. The van der Waals surface area contributed by atoms with Gasteiger partial charge in [0, 0.05) is 59.3 Å². The fourth-order valence-electron chi connectivity index (χ4n) is 41.0. The molecule has 0 amide bonds. The molecule has 0 bridgehead atoms. The third kappa shape index (κ3) is 14.4. The van der Waals surface area contributed by atoms with Crippen LogP contribution in [0.2, 0.25) is 0 Å². The van der Waals surface area contributed by atoms with E-state index in [1.54, 1.807) is 0 Å². The van der Waals surface area contributed by atoms with Crippen LogP contribution in [0.5, 0.6) is 0 Å². The van der Waals surface area contributed by atoms with Crippen LogP contribution in [0.4, 0.5) is 0 Å². The molecule has 0 aromatic rings. The molecule has 0 aromatic carbocycles. The summed E-state index contributed by atoms with van der Waals surface area (Å²) in [5, 5.41) is 30.8. The third-order valence-corrected chi connectivity index (χ3v) is 50.7. The summed E-state index contributed by atoms with van der Waals surface area (Å²) in [4.78, 5) is 149. The molecule has 3 N–H and O–H groups in total. The van der Waals surface area contributed by atoms with Crippen molar-refractivity contribution in [2.45, 2.75) is 391 Å². The molecule has 20 aliphatic carbocycles. The number of esters is 4. The van der Waals surface area contributed by atoms with Crippen molar-refractivity contribution in [2.75, 3.05) is 41.7 Å². The Bertz CT molecular complexity index is 5280. The molecule has 142 heavy (non-hydrogen) atoms. The van der Waals surface area contributed by atoms with Crippen molar-refractivity contribution in [1.29, 1.82) is 0 Å². The van der Waals surface area contributed by atoms with Crippen molar-refractivity contribution in [3.63, 3.8) is 0 Å². The SMILES string of the molecule is C=C1CC[C@]2(C)C3=CC(=O)[C@@H]4[C@@H]5CC(C)(C)CC[C@]5(C(=O)OC)CC[C@@]4(C)[C@]3(C)CC[C@H]2[C@]1(C)CO.COC(=O)[C@]12CCC(C)(C)C[C@H]1[C@H]1C(=O)C=C3[C@@]4(C)C/C(=C/O)C(=O)[C@@H](C)[C@@H]4CC[C@@]3(C)[C@]1(C)CC2.COC(=O)[C@]12CCC(C)(C)C[C@H]1[C@H]1C(=O)C=C3[C@@]4(C)CCC(=O)[C@@H](C)[C@@H]4CC[C@@]3(C)[C@]1(C)CC2.COC(=O)[C@]12CCC(C)(C)C[C@H]1[C@H]1C(=O)C=C3[C@@]4(C)CCC(=O)[C@@](C)(CO)[C@@H]4CC[C@@]3(C)[C@]1(C)CC2. The molecule has 20 rings (SSSR count). The van der Waals surface area contributed by atoms with E-state index in [2.05, 4.69) is 159 Å². The van der Waals surface area contributed by atoms with Crippen LogP contribution in [-0.4, -0.2) is 121 Å². The predicted molar refractivity (Wildman–Crippen MR) is 550 cm³/mol. The Labute approximate surface area is 851 Å². The topological polar surface area (TPSA) is 285 Å². The molecule has 18 nitrogen and oxygen atoms in total. The highest BCUT2D eigenvalue weighted by atomic mass is 16.5. The molecule has 16 fully saturated rings. The summed E-state index contributed by atoms with van der Waals surface area (Å²) in [6, 6.07) is 0. The summed E-state index contributed by atoms with van der Waals surface area (Å²) in [7, 11) is 6.01. The minimum atomic E-state index is -0.754. The smallest absolute Gasteiger partial charge is 0.312 e. The Morgan fingerprint density at radius 3 is 0.923 bits per heavy atom. The number of carbonyl (C=O) groups is 11. The number of fused-ring (bicyclic) bond motifs is 28. The number of allylic oxidation sites excluding steroid dienone is 9. The molecule has 0 aromatic heterocycles. The number of methoxy groups -OCH3 is 4. The quantitative estimate of drug-likeness (QED) is 0.0732. The summed E-state index contributed by atoms with van der Waals surface area (Å²) in [5.74, 6) is 0.932. The highest BCUT2D eigenvalue weighted by Crippen LogP contribution is 2.82. The number of ketones is 7. The Morgan fingerprint density at radius 2 is 0.613 bits per heavy atom. The average molecular weight is 1960 g/mol. The van der Waals surface area contributed by atoms with Gasteiger partial charge in [0.25, 0.3) is 0 Å². The minimum absolute atomic E-state index is 0.0178. The van der Waals surface area contributed by atoms with E-state index in [1.807, 2.05) is 38.2 Å². The van der Waals surface area contributed by atoms with Crippen LogP contribution < -0.4 is 0 Å². The van der Waals surface area contributed by atoms with Crippen LogP contribution >= 0.6 is 0 Å². The zero-order valence-electron chi connectivity index (χ0n) is 92.8. The predicted octanol–water partition coefficient (Wildman–Crippen LogP) is 25.0. The lowest BCUT2D eigenvalue weighted by Crippen LogP contribution is -2.66. The zero-order chi connectivity index (χ0) is 104. The summed E-state index contributed by atoms with van der Waals surface area (Å²) in [6.45, 7) is 59.0. The average Bonchev–Trinajstić information content (AvgIpc) is 0.685. The number of aliphatic hydroxyl groups is 3. The van der Waals surface area contributed by atoms with E-state index in [0.717, 1.165) is 217 Å². The van der Waals surface area contributed by atoms with Crippen LogP contribution in [0, 0.1) is 202 Å². The summed E-state index contributed by atoms with van der Waals surface area (Å²) in [6.07, 6.45) is 39.1. The van der Waals surface area contributed by atoms with Gasteiger partial charge in [0.05, 0.1) is 75.0 Å². The second-order valence-corrected chi connectivity index (χ2v) is 58.3. The van der Waals surface area contributed by atoms with E-state index in [0.29, 0.717) is 36.5 Å². The maximum Gasteiger partial charge on any atom is 0.312 e. The van der Waals surface area contributed by atoms with Crippen LogP contribution in [-0.2, 0) is 71.7 Å². The maximum atomic E-state index is 14.4. The number of Topliss-reactive ketones (excluding diaryl/α,β-unsaturated/α-hetero) is 3. The molecule has 0 unspecified atom stereocenters. The molecule has 18 heteroatoms. The lowest BCUT2D eigenvalue weighted by molar-refractivity contribution is -0.194. The van der Waals surface area contributed by atoms with Gasteiger partial charge >= 0.3 is 23.9 Å². The molecule has 786 valence electrons. The maximum absolute atomic E-state index is 14.4. The normalized spacial score (nSPS) is 49.4. The first-order valence-electron chi connectivity index (χ1n) is 56.0. The Morgan fingerprint density at radius 1 is 0.338 bits per heavy atom. The molecular weight excluding hydrogens is 1780 g/mol. The second kappa shape index (κ2) is 34.4. The Hall–Kier alpha value is -6.27. The molecular formula is C124H182O18. The second-order valence-electron chi connectivity index (χ2n) is 58.3. The first-order chi connectivity index (χ1) is 65.8. The van der Waals surface area contributed by atoms with Crippen molar-refractivity contribution in [1.82, 2.24) is 0 Å². The van der Waals surface area contributed by atoms with Gasteiger partial charge in [-0.25, -0.2) is 0 Å². The van der Waals surface area contributed by atoms with Crippen molar-refractivity contribution in [3.8, 4) is 0 Å². The highest BCUT2D eigenvalue weighted by molar-refractivity contribution is 6.01. The Balaban J connectivity index is 0.000000130. The summed E-state index contributed by atoms with van der Waals surface area (Å²) >= 11 is 0. The fraction of sp³-hybridized carbons (Fsp3) is 0.815. The van der Waals surface area contributed by atoms with E-state index < -0.39 is 27.1 Å². The first-order valence-corrected chi connectivity index (χ1v) is 56.0. The number of ether oxygens (including phenoxy) is 4. The summed E-state index contributed by atoms with van der Waals surface area (Å²) in [5.41, 5.74) is 1.46. The highest BCUT2D eigenvalue weighted by Gasteiger charge is 2.78. The Kier molecular flexibility index (Phi) is 25.9. The largest absolute Gasteiger partial charge is 0.515 e. The third-order valence-electron chi connectivity index (χ3n) is 50.7. The van der Waals surface area contributed by atoms with Gasteiger partial charge in [0.15, 0.2) is 28.9 Å². The molecule has 32 atom stereocenters. The van der Waals surface area contributed by atoms with Gasteiger partial charge in [0.2, 0.25) is 0 Å². The number of rotatable bonds is 6. The van der Waals surface area contributed by atoms with Crippen molar-refractivity contribution < 1.29 is 87.0 Å². The van der Waals surface area contributed by atoms with Gasteiger partial charge in [-0.15, -0.1) is 0 Å². The molecule has 0 aliphatic heterocycles.